The maximum Gasteiger partial charge on any atom is 0.253 e. The number of carbonyl (C=O) groups excluding carboxylic acids is 1. The van der Waals surface area contributed by atoms with Gasteiger partial charge in [0.25, 0.3) is 5.91 Å². The summed E-state index contributed by atoms with van der Waals surface area (Å²) in [4.78, 5) is 15.8. The molecule has 2 aromatic rings. The Morgan fingerprint density at radius 3 is 2.27 bits per heavy atom. The highest BCUT2D eigenvalue weighted by molar-refractivity contribution is 7.89. The summed E-state index contributed by atoms with van der Waals surface area (Å²) in [6.45, 7) is 8.69. The standard InChI is InChI=1S/C19H26N2O3S2/c1-6-21(7-2)26(23,24)18-12-16(9-8-15(18)4)19(22)20(5)13-17-14(3)10-11-25-17/h8-12H,6-7,13H2,1-5H3. The van der Waals surface area contributed by atoms with Gasteiger partial charge < -0.3 is 4.90 Å². The Bertz CT molecular complexity index is 884. The number of sulfonamides is 1. The number of benzene rings is 1. The molecule has 0 spiro atoms. The first kappa shape index (κ1) is 20.6. The second kappa shape index (κ2) is 8.33. The SMILES string of the molecule is CCN(CC)S(=O)(=O)c1cc(C(=O)N(C)Cc2sccc2C)ccc1C. The summed E-state index contributed by atoms with van der Waals surface area (Å²) in [7, 11) is -1.87. The van der Waals surface area contributed by atoms with E-state index >= 15 is 0 Å². The van der Waals surface area contributed by atoms with Crippen molar-refractivity contribution in [1.29, 1.82) is 0 Å². The van der Waals surface area contributed by atoms with Gasteiger partial charge in [-0.05, 0) is 48.6 Å². The molecule has 0 saturated heterocycles. The summed E-state index contributed by atoms with van der Waals surface area (Å²) < 4.78 is 27.1. The van der Waals surface area contributed by atoms with E-state index in [2.05, 4.69) is 0 Å². The lowest BCUT2D eigenvalue weighted by Gasteiger charge is -2.21. The maximum absolute atomic E-state index is 12.9. The summed E-state index contributed by atoms with van der Waals surface area (Å²) in [5, 5.41) is 2.00. The van der Waals surface area contributed by atoms with Gasteiger partial charge in [0.15, 0.2) is 0 Å². The van der Waals surface area contributed by atoms with Gasteiger partial charge >= 0.3 is 0 Å². The van der Waals surface area contributed by atoms with Crippen LogP contribution in [0.25, 0.3) is 0 Å². The van der Waals surface area contributed by atoms with Gasteiger partial charge in [-0.25, -0.2) is 8.42 Å². The summed E-state index contributed by atoms with van der Waals surface area (Å²) in [6.07, 6.45) is 0. The molecule has 0 N–H and O–H groups in total. The lowest BCUT2D eigenvalue weighted by atomic mass is 10.1. The van der Waals surface area contributed by atoms with E-state index in [9.17, 15) is 13.2 Å². The van der Waals surface area contributed by atoms with Gasteiger partial charge in [0.1, 0.15) is 0 Å². The molecule has 1 aromatic heterocycles. The molecular weight excluding hydrogens is 368 g/mol. The second-order valence-corrected chi connectivity index (χ2v) is 9.16. The van der Waals surface area contributed by atoms with Gasteiger partial charge in [-0.15, -0.1) is 11.3 Å². The number of thiophene rings is 1. The highest BCUT2D eigenvalue weighted by Gasteiger charge is 2.25. The van der Waals surface area contributed by atoms with E-state index in [4.69, 9.17) is 0 Å². The van der Waals surface area contributed by atoms with Crippen LogP contribution in [-0.4, -0.2) is 43.7 Å². The molecule has 0 atom stereocenters. The molecule has 142 valence electrons. The van der Waals surface area contributed by atoms with E-state index in [1.165, 1.54) is 10.4 Å². The van der Waals surface area contributed by atoms with Crippen LogP contribution in [0.4, 0.5) is 0 Å². The molecule has 1 amide bonds. The first-order valence-electron chi connectivity index (χ1n) is 8.61. The first-order valence-corrected chi connectivity index (χ1v) is 10.9. The Morgan fingerprint density at radius 2 is 1.73 bits per heavy atom. The average molecular weight is 395 g/mol. The number of aryl methyl sites for hydroxylation is 2. The Balaban J connectivity index is 2.34. The van der Waals surface area contributed by atoms with Gasteiger partial charge in [0.2, 0.25) is 10.0 Å². The maximum atomic E-state index is 12.9. The summed E-state index contributed by atoms with van der Waals surface area (Å²) >= 11 is 1.61. The van der Waals surface area contributed by atoms with Crippen LogP contribution in [0.1, 0.15) is 40.2 Å². The van der Waals surface area contributed by atoms with Crippen molar-refractivity contribution in [2.45, 2.75) is 39.1 Å². The third kappa shape index (κ3) is 4.16. The molecule has 1 heterocycles. The van der Waals surface area contributed by atoms with Crippen LogP contribution >= 0.6 is 11.3 Å². The molecule has 0 radical (unpaired) electrons. The van der Waals surface area contributed by atoms with Crippen LogP contribution in [0.5, 0.6) is 0 Å². The van der Waals surface area contributed by atoms with Gasteiger partial charge in [0, 0.05) is 30.6 Å². The summed E-state index contributed by atoms with van der Waals surface area (Å²) in [6, 6.07) is 6.92. The monoisotopic (exact) mass is 394 g/mol. The Labute approximate surface area is 160 Å². The van der Waals surface area contributed by atoms with E-state index in [1.54, 1.807) is 42.3 Å². The minimum atomic E-state index is -3.61. The average Bonchev–Trinajstić information content (AvgIpc) is 3.00. The van der Waals surface area contributed by atoms with Crippen molar-refractivity contribution in [2.75, 3.05) is 20.1 Å². The summed E-state index contributed by atoms with van der Waals surface area (Å²) in [5.74, 6) is -0.186. The fourth-order valence-corrected chi connectivity index (χ4v) is 5.45. The fraction of sp³-hybridized carbons (Fsp3) is 0.421. The molecule has 0 saturated carbocycles. The lowest BCUT2D eigenvalue weighted by Crippen LogP contribution is -2.31. The van der Waals surface area contributed by atoms with Crippen molar-refractivity contribution in [3.8, 4) is 0 Å². The number of amides is 1. The minimum absolute atomic E-state index is 0.186. The number of hydrogen-bond donors (Lipinski definition) is 0. The highest BCUT2D eigenvalue weighted by Crippen LogP contribution is 2.23. The van der Waals surface area contributed by atoms with Crippen molar-refractivity contribution < 1.29 is 13.2 Å². The van der Waals surface area contributed by atoms with E-state index in [-0.39, 0.29) is 10.8 Å². The molecular formula is C19H26N2O3S2. The van der Waals surface area contributed by atoms with Crippen LogP contribution in [0.15, 0.2) is 34.5 Å². The van der Waals surface area contributed by atoms with Crippen molar-refractivity contribution >= 4 is 27.3 Å². The van der Waals surface area contributed by atoms with Crippen LogP contribution in [0.2, 0.25) is 0 Å². The Morgan fingerprint density at radius 1 is 1.08 bits per heavy atom. The van der Waals surface area contributed by atoms with E-state index in [0.29, 0.717) is 30.8 Å². The van der Waals surface area contributed by atoms with Crippen molar-refractivity contribution in [1.82, 2.24) is 9.21 Å². The fourth-order valence-electron chi connectivity index (χ4n) is 2.79. The van der Waals surface area contributed by atoms with Gasteiger partial charge in [0.05, 0.1) is 11.4 Å². The number of rotatable bonds is 7. The molecule has 0 fully saturated rings. The smallest absolute Gasteiger partial charge is 0.253 e. The number of carbonyl (C=O) groups is 1. The Hall–Kier alpha value is -1.70. The van der Waals surface area contributed by atoms with Crippen molar-refractivity contribution in [3.05, 3.63) is 51.2 Å². The number of hydrogen-bond acceptors (Lipinski definition) is 4. The predicted octanol–water partition coefficient (Wildman–Crippen LogP) is 3.67. The molecule has 2 rings (SSSR count). The minimum Gasteiger partial charge on any atom is -0.337 e. The molecule has 5 nitrogen and oxygen atoms in total. The lowest BCUT2D eigenvalue weighted by molar-refractivity contribution is 0.0786. The van der Waals surface area contributed by atoms with Crippen molar-refractivity contribution in [2.24, 2.45) is 0 Å². The molecule has 0 aliphatic heterocycles. The van der Waals surface area contributed by atoms with E-state index in [1.807, 2.05) is 32.2 Å². The molecule has 7 heteroatoms. The van der Waals surface area contributed by atoms with Gasteiger partial charge in [-0.1, -0.05) is 19.9 Å². The summed E-state index contributed by atoms with van der Waals surface area (Å²) in [5.41, 5.74) is 2.19. The normalized spacial score (nSPS) is 11.8. The molecule has 0 aliphatic carbocycles. The van der Waals surface area contributed by atoms with Gasteiger partial charge in [-0.3, -0.25) is 4.79 Å². The topological polar surface area (TPSA) is 57.7 Å². The van der Waals surface area contributed by atoms with Gasteiger partial charge in [-0.2, -0.15) is 4.31 Å². The van der Waals surface area contributed by atoms with Crippen LogP contribution in [0.3, 0.4) is 0 Å². The molecule has 26 heavy (non-hydrogen) atoms. The molecule has 0 unspecified atom stereocenters. The predicted molar refractivity (Wildman–Crippen MR) is 106 cm³/mol. The third-order valence-electron chi connectivity index (χ3n) is 4.45. The first-order chi connectivity index (χ1) is 12.2. The Kier molecular flexibility index (Phi) is 6.60. The third-order valence-corrected chi connectivity index (χ3v) is 7.65. The number of nitrogens with zero attached hydrogens (tertiary/aromatic N) is 2. The zero-order valence-electron chi connectivity index (χ0n) is 15.9. The molecule has 0 aliphatic rings. The molecule has 0 bridgehead atoms. The van der Waals surface area contributed by atoms with Crippen molar-refractivity contribution in [3.63, 3.8) is 0 Å². The van der Waals surface area contributed by atoms with Crippen LogP contribution < -0.4 is 0 Å². The highest BCUT2D eigenvalue weighted by atomic mass is 32.2. The molecule has 1 aromatic carbocycles. The second-order valence-electron chi connectivity index (χ2n) is 6.26. The van der Waals surface area contributed by atoms with E-state index < -0.39 is 10.0 Å². The quantitative estimate of drug-likeness (QED) is 0.720. The largest absolute Gasteiger partial charge is 0.337 e. The van der Waals surface area contributed by atoms with Crippen LogP contribution in [-0.2, 0) is 16.6 Å². The van der Waals surface area contributed by atoms with Crippen LogP contribution in [0, 0.1) is 13.8 Å². The van der Waals surface area contributed by atoms with E-state index in [0.717, 1.165) is 10.4 Å². The zero-order chi connectivity index (χ0) is 19.5. The zero-order valence-corrected chi connectivity index (χ0v) is 17.6.